The zero-order chi connectivity index (χ0) is 15.3. The van der Waals surface area contributed by atoms with Crippen molar-refractivity contribution >= 4 is 5.91 Å². The molecule has 21 heavy (non-hydrogen) atoms. The van der Waals surface area contributed by atoms with Gasteiger partial charge in [0.2, 0.25) is 0 Å². The van der Waals surface area contributed by atoms with Crippen LogP contribution in [0.2, 0.25) is 0 Å². The summed E-state index contributed by atoms with van der Waals surface area (Å²) >= 11 is 0. The number of carbonyl (C=O) groups excluding carboxylic acids is 1. The monoisotopic (exact) mass is 293 g/mol. The van der Waals surface area contributed by atoms with Crippen molar-refractivity contribution in [1.29, 1.82) is 0 Å². The van der Waals surface area contributed by atoms with Crippen molar-refractivity contribution in [2.75, 3.05) is 33.9 Å². The van der Waals surface area contributed by atoms with Crippen LogP contribution in [0.4, 0.5) is 0 Å². The number of nitrogens with zero attached hydrogens (tertiary/aromatic N) is 1. The van der Waals surface area contributed by atoms with E-state index in [1.807, 2.05) is 31.2 Å². The van der Waals surface area contributed by atoms with Crippen molar-refractivity contribution in [2.45, 2.75) is 25.6 Å². The van der Waals surface area contributed by atoms with Gasteiger partial charge in [0, 0.05) is 40.2 Å². The molecule has 1 aromatic carbocycles. The Morgan fingerprint density at radius 1 is 1.14 bits per heavy atom. The predicted molar refractivity (Wildman–Crippen MR) is 79.2 cm³/mol. The molecule has 5 heteroatoms. The standard InChI is InChI=1S/C16H23NO4/c1-13-4-6-14(7-5-13)21-12-15(18)17-10-8-16(19-2,20-3)9-11-17/h4-7H,8-12H2,1-3H3. The smallest absolute Gasteiger partial charge is 0.260 e. The van der Waals surface area contributed by atoms with Crippen LogP contribution in [0.5, 0.6) is 5.75 Å². The molecule has 0 bridgehead atoms. The van der Waals surface area contributed by atoms with Gasteiger partial charge in [-0.3, -0.25) is 4.79 Å². The Bertz CT molecular complexity index is 458. The molecule has 1 heterocycles. The van der Waals surface area contributed by atoms with E-state index in [4.69, 9.17) is 14.2 Å². The predicted octanol–water partition coefficient (Wildman–Crippen LogP) is 1.99. The number of rotatable bonds is 5. The number of hydrogen-bond donors (Lipinski definition) is 0. The molecule has 0 aliphatic carbocycles. The molecule has 1 fully saturated rings. The van der Waals surface area contributed by atoms with Gasteiger partial charge in [-0.15, -0.1) is 0 Å². The first kappa shape index (κ1) is 15.8. The number of hydrogen-bond acceptors (Lipinski definition) is 4. The van der Waals surface area contributed by atoms with Crippen LogP contribution in [0, 0.1) is 6.92 Å². The molecule has 0 aromatic heterocycles. The van der Waals surface area contributed by atoms with E-state index in [0.717, 1.165) is 0 Å². The fourth-order valence-electron chi connectivity index (χ4n) is 2.46. The van der Waals surface area contributed by atoms with Gasteiger partial charge in [0.1, 0.15) is 5.75 Å². The van der Waals surface area contributed by atoms with Crippen LogP contribution in [0.3, 0.4) is 0 Å². The van der Waals surface area contributed by atoms with E-state index in [9.17, 15) is 4.79 Å². The summed E-state index contributed by atoms with van der Waals surface area (Å²) in [6, 6.07) is 7.68. The maximum Gasteiger partial charge on any atom is 0.260 e. The second-order valence-corrected chi connectivity index (χ2v) is 5.30. The Morgan fingerprint density at radius 2 is 1.71 bits per heavy atom. The molecule has 1 aromatic rings. The van der Waals surface area contributed by atoms with Crippen LogP contribution < -0.4 is 4.74 Å². The lowest BCUT2D eigenvalue weighted by Gasteiger charge is -2.39. The topological polar surface area (TPSA) is 48.0 Å². The van der Waals surface area contributed by atoms with E-state index in [0.29, 0.717) is 31.7 Å². The molecular formula is C16H23NO4. The van der Waals surface area contributed by atoms with Gasteiger partial charge in [0.25, 0.3) is 5.91 Å². The molecule has 0 spiro atoms. The Morgan fingerprint density at radius 3 is 2.24 bits per heavy atom. The number of piperidine rings is 1. The van der Waals surface area contributed by atoms with Gasteiger partial charge in [0.05, 0.1) is 0 Å². The first-order valence-electron chi connectivity index (χ1n) is 7.16. The molecule has 0 unspecified atom stereocenters. The molecule has 0 N–H and O–H groups in total. The Hall–Kier alpha value is -1.59. The normalized spacial score (nSPS) is 17.6. The highest BCUT2D eigenvalue weighted by Gasteiger charge is 2.35. The number of amides is 1. The van der Waals surface area contributed by atoms with Crippen LogP contribution in [0.1, 0.15) is 18.4 Å². The second-order valence-electron chi connectivity index (χ2n) is 5.30. The highest BCUT2D eigenvalue weighted by atomic mass is 16.7. The number of benzene rings is 1. The summed E-state index contributed by atoms with van der Waals surface area (Å²) in [5.74, 6) is 0.166. The average Bonchev–Trinajstić information content (AvgIpc) is 2.54. The zero-order valence-electron chi connectivity index (χ0n) is 12.9. The summed E-state index contributed by atoms with van der Waals surface area (Å²) in [5.41, 5.74) is 1.17. The van der Waals surface area contributed by atoms with Crippen molar-refractivity contribution < 1.29 is 19.0 Å². The van der Waals surface area contributed by atoms with E-state index in [1.54, 1.807) is 19.1 Å². The van der Waals surface area contributed by atoms with Crippen LogP contribution >= 0.6 is 0 Å². The maximum absolute atomic E-state index is 12.1. The van der Waals surface area contributed by atoms with Crippen LogP contribution in [-0.4, -0.2) is 50.5 Å². The summed E-state index contributed by atoms with van der Waals surface area (Å²) in [4.78, 5) is 13.9. The molecule has 116 valence electrons. The molecule has 2 rings (SSSR count). The van der Waals surface area contributed by atoms with Crippen molar-refractivity contribution in [1.82, 2.24) is 4.90 Å². The van der Waals surface area contributed by atoms with Gasteiger partial charge in [-0.2, -0.15) is 0 Å². The maximum atomic E-state index is 12.1. The zero-order valence-corrected chi connectivity index (χ0v) is 12.9. The molecule has 1 amide bonds. The lowest BCUT2D eigenvalue weighted by Crippen LogP contribution is -2.49. The third-order valence-corrected chi connectivity index (χ3v) is 4.01. The van der Waals surface area contributed by atoms with E-state index in [2.05, 4.69) is 0 Å². The molecule has 5 nitrogen and oxygen atoms in total. The van der Waals surface area contributed by atoms with E-state index in [1.165, 1.54) is 5.56 Å². The van der Waals surface area contributed by atoms with Crippen molar-refractivity contribution in [3.63, 3.8) is 0 Å². The molecular weight excluding hydrogens is 270 g/mol. The second kappa shape index (κ2) is 6.91. The number of ether oxygens (including phenoxy) is 3. The molecule has 1 aliphatic heterocycles. The molecule has 0 saturated carbocycles. The summed E-state index contributed by atoms with van der Waals surface area (Å²) in [6.07, 6.45) is 1.35. The Labute approximate surface area is 125 Å². The number of carbonyl (C=O) groups is 1. The molecule has 0 atom stereocenters. The average molecular weight is 293 g/mol. The summed E-state index contributed by atoms with van der Waals surface area (Å²) in [6.45, 7) is 3.33. The SMILES string of the molecule is COC1(OC)CCN(C(=O)COc2ccc(C)cc2)CC1. The highest BCUT2D eigenvalue weighted by Crippen LogP contribution is 2.26. The van der Waals surface area contributed by atoms with Gasteiger partial charge >= 0.3 is 0 Å². The number of aryl methyl sites for hydroxylation is 1. The first-order chi connectivity index (χ1) is 10.1. The Kier molecular flexibility index (Phi) is 5.20. The van der Waals surface area contributed by atoms with Gasteiger partial charge in [-0.05, 0) is 19.1 Å². The van der Waals surface area contributed by atoms with Crippen LogP contribution in [0.25, 0.3) is 0 Å². The minimum atomic E-state index is -0.547. The minimum absolute atomic E-state index is 0.00335. The largest absolute Gasteiger partial charge is 0.484 e. The summed E-state index contributed by atoms with van der Waals surface area (Å²) in [7, 11) is 3.28. The minimum Gasteiger partial charge on any atom is -0.484 e. The lowest BCUT2D eigenvalue weighted by atomic mass is 10.0. The third-order valence-electron chi connectivity index (χ3n) is 4.01. The van der Waals surface area contributed by atoms with Gasteiger partial charge in [0.15, 0.2) is 12.4 Å². The van der Waals surface area contributed by atoms with Gasteiger partial charge in [-0.1, -0.05) is 17.7 Å². The van der Waals surface area contributed by atoms with E-state index >= 15 is 0 Å². The van der Waals surface area contributed by atoms with Gasteiger partial charge in [-0.25, -0.2) is 0 Å². The number of methoxy groups -OCH3 is 2. The lowest BCUT2D eigenvalue weighted by molar-refractivity contribution is -0.228. The summed E-state index contributed by atoms with van der Waals surface area (Å²) < 4.78 is 16.3. The van der Waals surface area contributed by atoms with Gasteiger partial charge < -0.3 is 19.1 Å². The quantitative estimate of drug-likeness (QED) is 0.779. The van der Waals surface area contributed by atoms with Crippen molar-refractivity contribution in [3.05, 3.63) is 29.8 Å². The van der Waals surface area contributed by atoms with Crippen molar-refractivity contribution in [2.24, 2.45) is 0 Å². The number of likely N-dealkylation sites (tertiary alicyclic amines) is 1. The van der Waals surface area contributed by atoms with Crippen molar-refractivity contribution in [3.8, 4) is 5.75 Å². The molecule has 0 radical (unpaired) electrons. The van der Waals surface area contributed by atoms with E-state index in [-0.39, 0.29) is 12.5 Å². The van der Waals surface area contributed by atoms with Crippen LogP contribution in [-0.2, 0) is 14.3 Å². The fraction of sp³-hybridized carbons (Fsp3) is 0.562. The highest BCUT2D eigenvalue weighted by molar-refractivity contribution is 5.77. The van der Waals surface area contributed by atoms with E-state index < -0.39 is 5.79 Å². The molecule has 1 aliphatic rings. The first-order valence-corrected chi connectivity index (χ1v) is 7.16. The Balaban J connectivity index is 1.81. The summed E-state index contributed by atoms with van der Waals surface area (Å²) in [5, 5.41) is 0. The van der Waals surface area contributed by atoms with Crippen LogP contribution in [0.15, 0.2) is 24.3 Å². The molecule has 1 saturated heterocycles. The fourth-order valence-corrected chi connectivity index (χ4v) is 2.46. The third kappa shape index (κ3) is 3.95.